The molecule has 0 saturated heterocycles. The zero-order chi connectivity index (χ0) is 13.7. The van der Waals surface area contributed by atoms with Crippen LogP contribution < -0.4 is 0 Å². The molecule has 0 bridgehead atoms. The fourth-order valence-electron chi connectivity index (χ4n) is 2.06. The molecule has 1 atom stereocenters. The van der Waals surface area contributed by atoms with Gasteiger partial charge in [-0.3, -0.25) is 4.79 Å². The van der Waals surface area contributed by atoms with Crippen molar-refractivity contribution in [3.63, 3.8) is 0 Å². The van der Waals surface area contributed by atoms with Crippen molar-refractivity contribution in [2.45, 2.75) is 32.4 Å². The molecule has 1 aliphatic heterocycles. The van der Waals surface area contributed by atoms with Crippen LogP contribution in [0.5, 0.6) is 0 Å². The van der Waals surface area contributed by atoms with Crippen LogP contribution in [-0.2, 0) is 16.1 Å². The monoisotopic (exact) mass is 260 g/mol. The predicted octanol–water partition coefficient (Wildman–Crippen LogP) is 2.99. The van der Waals surface area contributed by atoms with E-state index in [0.29, 0.717) is 6.42 Å². The Kier molecular flexibility index (Phi) is 4.12. The average molecular weight is 260 g/mol. The molecule has 0 radical (unpaired) electrons. The number of aldehydes is 1. The molecular weight excluding hydrogens is 242 g/mol. The molecule has 4 heteroatoms. The highest BCUT2D eigenvalue weighted by Gasteiger charge is 2.52. The number of rotatable bonds is 6. The molecule has 4 nitrogen and oxygen atoms in total. The lowest BCUT2D eigenvalue weighted by molar-refractivity contribution is -0.709. The molecule has 0 aromatic heterocycles. The Hall–Kier alpha value is -1.94. The number of hydrogen-bond donors (Lipinski definition) is 0. The summed E-state index contributed by atoms with van der Waals surface area (Å²) in [4.78, 5) is 23.2. The van der Waals surface area contributed by atoms with Gasteiger partial charge in [-0.25, -0.2) is 0 Å². The highest BCUT2D eigenvalue weighted by molar-refractivity contribution is 5.69. The second-order valence-corrected chi connectivity index (χ2v) is 4.66. The zero-order valence-electron chi connectivity index (χ0n) is 11.0. The molecule has 1 aromatic rings. The number of quaternary nitrogens is 1. The van der Waals surface area contributed by atoms with E-state index in [-0.39, 0.29) is 23.2 Å². The van der Waals surface area contributed by atoms with Crippen LogP contribution in [0.15, 0.2) is 42.7 Å². The summed E-state index contributed by atoms with van der Waals surface area (Å²) in [7, 11) is 0. The molecule has 0 aliphatic carbocycles. The van der Waals surface area contributed by atoms with Crippen molar-refractivity contribution < 1.29 is 18.8 Å². The van der Waals surface area contributed by atoms with Gasteiger partial charge in [-0.05, 0) is 5.56 Å². The lowest BCUT2D eigenvalue weighted by Gasteiger charge is -2.20. The van der Waals surface area contributed by atoms with E-state index in [1.54, 1.807) is 12.4 Å². The van der Waals surface area contributed by atoms with Gasteiger partial charge >= 0.3 is 6.09 Å². The molecule has 0 saturated carbocycles. The van der Waals surface area contributed by atoms with Gasteiger partial charge < -0.3 is 4.74 Å². The number of carbonyl (C=O) groups excluding carboxylic acids is 2. The van der Waals surface area contributed by atoms with Crippen LogP contribution in [0.1, 0.15) is 25.3 Å². The summed E-state index contributed by atoms with van der Waals surface area (Å²) in [5.74, 6) is 0. The molecule has 1 heterocycles. The lowest BCUT2D eigenvalue weighted by atomic mass is 10.1. The number of benzene rings is 1. The zero-order valence-corrected chi connectivity index (χ0v) is 11.0. The predicted molar refractivity (Wildman–Crippen MR) is 70.8 cm³/mol. The summed E-state index contributed by atoms with van der Waals surface area (Å²) in [6, 6.07) is 9.15. The third-order valence-corrected chi connectivity index (χ3v) is 3.28. The molecule has 100 valence electrons. The third kappa shape index (κ3) is 2.90. The van der Waals surface area contributed by atoms with Gasteiger partial charge in [0.15, 0.2) is 24.7 Å². The standard InChI is InChI=1S/C15H18NO3/c1-2-6-14(11-17)16(9-10-16)15(18)19-12-13-7-4-3-5-8-13/h3-5,7-11,14H,2,6,12H2,1H3/q+1/t14-/m0/s1. The Morgan fingerprint density at radius 1 is 1.32 bits per heavy atom. The van der Waals surface area contributed by atoms with Crippen molar-refractivity contribution in [2.24, 2.45) is 0 Å². The minimum Gasteiger partial charge on any atom is -0.415 e. The minimum atomic E-state index is -0.380. The molecular formula is C15H18NO3+. The Morgan fingerprint density at radius 3 is 2.53 bits per heavy atom. The number of nitrogens with zero attached hydrogens (tertiary/aromatic N) is 1. The molecule has 19 heavy (non-hydrogen) atoms. The van der Waals surface area contributed by atoms with Gasteiger partial charge in [-0.1, -0.05) is 43.7 Å². The topological polar surface area (TPSA) is 43.4 Å². The second-order valence-electron chi connectivity index (χ2n) is 4.66. The maximum absolute atomic E-state index is 12.1. The molecule has 1 amide bonds. The van der Waals surface area contributed by atoms with Gasteiger partial charge in [0.2, 0.25) is 0 Å². The van der Waals surface area contributed by atoms with E-state index >= 15 is 0 Å². The van der Waals surface area contributed by atoms with Crippen LogP contribution in [-0.4, -0.2) is 22.9 Å². The summed E-state index contributed by atoms with van der Waals surface area (Å²) in [5.41, 5.74) is 0.939. The van der Waals surface area contributed by atoms with E-state index in [4.69, 9.17) is 4.74 Å². The molecule has 1 aromatic carbocycles. The molecule has 2 rings (SSSR count). The van der Waals surface area contributed by atoms with Crippen LogP contribution >= 0.6 is 0 Å². The van der Waals surface area contributed by atoms with Crippen LogP contribution in [0.4, 0.5) is 4.79 Å². The van der Waals surface area contributed by atoms with Crippen LogP contribution in [0, 0.1) is 0 Å². The van der Waals surface area contributed by atoms with Gasteiger partial charge in [0.1, 0.15) is 6.61 Å². The molecule has 0 fully saturated rings. The van der Waals surface area contributed by atoms with Crippen molar-refractivity contribution in [2.75, 3.05) is 0 Å². The van der Waals surface area contributed by atoms with Crippen LogP contribution in [0.25, 0.3) is 0 Å². The Morgan fingerprint density at radius 2 is 2.00 bits per heavy atom. The average Bonchev–Trinajstić information content (AvgIpc) is 3.25. The van der Waals surface area contributed by atoms with Gasteiger partial charge in [-0.15, -0.1) is 0 Å². The van der Waals surface area contributed by atoms with Gasteiger partial charge in [0.25, 0.3) is 0 Å². The van der Waals surface area contributed by atoms with Crippen molar-refractivity contribution in [3.8, 4) is 0 Å². The molecule has 0 N–H and O–H groups in total. The fraction of sp³-hybridized carbons (Fsp3) is 0.333. The van der Waals surface area contributed by atoms with E-state index < -0.39 is 0 Å². The Balaban J connectivity index is 1.94. The van der Waals surface area contributed by atoms with Gasteiger partial charge in [-0.2, -0.15) is 9.28 Å². The molecule has 0 unspecified atom stereocenters. The summed E-state index contributed by atoms with van der Waals surface area (Å²) >= 11 is 0. The summed E-state index contributed by atoms with van der Waals surface area (Å²) in [6.07, 6.45) is 5.42. The van der Waals surface area contributed by atoms with Gasteiger partial charge in [0.05, 0.1) is 0 Å². The maximum atomic E-state index is 12.1. The number of carbonyl (C=O) groups is 2. The van der Waals surface area contributed by atoms with E-state index in [1.807, 2.05) is 37.3 Å². The van der Waals surface area contributed by atoms with E-state index in [9.17, 15) is 9.59 Å². The number of ether oxygens (including phenoxy) is 1. The molecule has 1 aliphatic rings. The van der Waals surface area contributed by atoms with Crippen LogP contribution in [0.2, 0.25) is 0 Å². The fourth-order valence-corrected chi connectivity index (χ4v) is 2.06. The molecule has 0 spiro atoms. The van der Waals surface area contributed by atoms with Crippen molar-refractivity contribution in [1.29, 1.82) is 0 Å². The Labute approximate surface area is 112 Å². The first kappa shape index (κ1) is 13.5. The SMILES string of the molecule is CCC[C@@H](C=O)[N+]1(C(=O)OCc2ccccc2)C=C1. The highest BCUT2D eigenvalue weighted by atomic mass is 16.6. The van der Waals surface area contributed by atoms with E-state index in [2.05, 4.69) is 0 Å². The largest absolute Gasteiger partial charge is 0.526 e. The first-order valence-electron chi connectivity index (χ1n) is 6.48. The Bertz CT molecular complexity index is 475. The summed E-state index contributed by atoms with van der Waals surface area (Å²) < 4.78 is 5.23. The minimum absolute atomic E-state index is 0.0653. The highest BCUT2D eigenvalue weighted by Crippen LogP contribution is 2.31. The number of hydrogen-bond acceptors (Lipinski definition) is 3. The van der Waals surface area contributed by atoms with E-state index in [1.165, 1.54) is 0 Å². The van der Waals surface area contributed by atoms with E-state index in [0.717, 1.165) is 18.3 Å². The first-order valence-corrected chi connectivity index (χ1v) is 6.48. The lowest BCUT2D eigenvalue weighted by Crippen LogP contribution is -2.44. The quantitative estimate of drug-likeness (QED) is 0.583. The third-order valence-electron chi connectivity index (χ3n) is 3.28. The van der Waals surface area contributed by atoms with Crippen molar-refractivity contribution >= 4 is 12.4 Å². The van der Waals surface area contributed by atoms with Crippen molar-refractivity contribution in [1.82, 2.24) is 0 Å². The van der Waals surface area contributed by atoms with Crippen molar-refractivity contribution in [3.05, 3.63) is 48.3 Å². The first-order chi connectivity index (χ1) is 9.23. The van der Waals surface area contributed by atoms with Crippen LogP contribution in [0.3, 0.4) is 0 Å². The summed E-state index contributed by atoms with van der Waals surface area (Å²) in [5, 5.41) is 0. The van der Waals surface area contributed by atoms with Gasteiger partial charge in [0, 0.05) is 6.42 Å². The smallest absolute Gasteiger partial charge is 0.415 e. The maximum Gasteiger partial charge on any atom is 0.526 e. The second kappa shape index (κ2) is 5.80. The number of amides is 1. The summed E-state index contributed by atoms with van der Waals surface area (Å²) in [6.45, 7) is 2.23. The normalized spacial score (nSPS) is 16.7.